The molecule has 2 N–H and O–H groups in total. The van der Waals surface area contributed by atoms with Gasteiger partial charge in [0.1, 0.15) is 6.10 Å². The van der Waals surface area contributed by atoms with Gasteiger partial charge in [0.2, 0.25) is 5.88 Å². The highest BCUT2D eigenvalue weighted by molar-refractivity contribution is 5.35. The van der Waals surface area contributed by atoms with Crippen LogP contribution in [0.15, 0.2) is 16.9 Å². The zero-order valence-corrected chi connectivity index (χ0v) is 10.1. The highest BCUT2D eigenvalue weighted by Crippen LogP contribution is 2.17. The highest BCUT2D eigenvalue weighted by atomic mass is 16.5. The van der Waals surface area contributed by atoms with Crippen molar-refractivity contribution in [3.05, 3.63) is 22.6 Å². The van der Waals surface area contributed by atoms with E-state index in [0.29, 0.717) is 17.4 Å². The minimum atomic E-state index is -0.356. The van der Waals surface area contributed by atoms with Crippen molar-refractivity contribution in [2.45, 2.75) is 19.4 Å². The first kappa shape index (κ1) is 11.2. The van der Waals surface area contributed by atoms with Crippen LogP contribution in [0, 0.1) is 5.92 Å². The molecular formula is C11H15N5O2. The van der Waals surface area contributed by atoms with E-state index in [9.17, 15) is 4.79 Å². The Morgan fingerprint density at radius 1 is 1.50 bits per heavy atom. The first-order valence-electron chi connectivity index (χ1n) is 6.06. The Morgan fingerprint density at radius 3 is 3.22 bits per heavy atom. The minimum Gasteiger partial charge on any atom is -0.472 e. The zero-order chi connectivity index (χ0) is 12.5. The van der Waals surface area contributed by atoms with E-state index in [1.54, 1.807) is 12.1 Å². The Hall–Kier alpha value is -1.89. The van der Waals surface area contributed by atoms with Gasteiger partial charge in [-0.05, 0) is 24.9 Å². The van der Waals surface area contributed by atoms with Gasteiger partial charge in [-0.3, -0.25) is 0 Å². The smallest absolute Gasteiger partial charge is 0.364 e. The van der Waals surface area contributed by atoms with Gasteiger partial charge in [0.25, 0.3) is 0 Å². The Labute approximate surface area is 103 Å². The third kappa shape index (κ3) is 1.97. The molecule has 2 unspecified atom stereocenters. The molecule has 0 saturated carbocycles. The number of ether oxygens (including phenoxy) is 1. The molecule has 0 amide bonds. The molecular weight excluding hydrogens is 234 g/mol. The number of aromatic amines is 1. The van der Waals surface area contributed by atoms with E-state index in [2.05, 4.69) is 27.5 Å². The molecule has 2 atom stereocenters. The fourth-order valence-corrected chi connectivity index (χ4v) is 2.12. The number of piperidine rings is 1. The number of fused-ring (bicyclic) bond motifs is 1. The Kier molecular flexibility index (Phi) is 2.75. The molecule has 2 aromatic rings. The quantitative estimate of drug-likeness (QED) is 0.769. The van der Waals surface area contributed by atoms with Gasteiger partial charge in [-0.1, -0.05) is 6.92 Å². The molecule has 2 aromatic heterocycles. The topological polar surface area (TPSA) is 84.3 Å². The van der Waals surface area contributed by atoms with E-state index < -0.39 is 0 Å². The summed E-state index contributed by atoms with van der Waals surface area (Å²) < 4.78 is 7.03. The number of hydrogen-bond donors (Lipinski definition) is 2. The van der Waals surface area contributed by atoms with Gasteiger partial charge in [-0.2, -0.15) is 9.61 Å². The van der Waals surface area contributed by atoms with Gasteiger partial charge < -0.3 is 10.1 Å². The summed E-state index contributed by atoms with van der Waals surface area (Å²) in [5.41, 5.74) is 0.132. The normalized spacial score (nSPS) is 24.3. The molecule has 1 saturated heterocycles. The van der Waals surface area contributed by atoms with E-state index >= 15 is 0 Å². The van der Waals surface area contributed by atoms with Crippen LogP contribution in [0.4, 0.5) is 0 Å². The third-order valence-electron chi connectivity index (χ3n) is 3.28. The van der Waals surface area contributed by atoms with Crippen molar-refractivity contribution in [2.75, 3.05) is 13.1 Å². The van der Waals surface area contributed by atoms with Crippen LogP contribution in [-0.2, 0) is 0 Å². The predicted octanol–water partition coefficient (Wildman–Crippen LogP) is -0.206. The van der Waals surface area contributed by atoms with Crippen molar-refractivity contribution < 1.29 is 4.74 Å². The van der Waals surface area contributed by atoms with Crippen LogP contribution in [0.2, 0.25) is 0 Å². The molecule has 7 nitrogen and oxygen atoms in total. The molecule has 1 aliphatic rings. The second kappa shape index (κ2) is 4.41. The maximum Gasteiger partial charge on any atom is 0.364 e. The Bertz CT molecular complexity index is 605. The van der Waals surface area contributed by atoms with Crippen LogP contribution in [-0.4, -0.2) is 39.0 Å². The van der Waals surface area contributed by atoms with Crippen molar-refractivity contribution in [3.63, 3.8) is 0 Å². The average molecular weight is 249 g/mol. The number of hydrogen-bond acceptors (Lipinski definition) is 5. The highest BCUT2D eigenvalue weighted by Gasteiger charge is 2.23. The summed E-state index contributed by atoms with van der Waals surface area (Å²) in [5.74, 6) is 0.927. The number of H-pyrrole nitrogens is 1. The summed E-state index contributed by atoms with van der Waals surface area (Å²) in [6, 6.07) is 3.44. The molecule has 7 heteroatoms. The second-order valence-electron chi connectivity index (χ2n) is 4.60. The fraction of sp³-hybridized carbons (Fsp3) is 0.545. The molecule has 3 heterocycles. The summed E-state index contributed by atoms with van der Waals surface area (Å²) in [7, 11) is 0. The minimum absolute atomic E-state index is 0.0892. The third-order valence-corrected chi connectivity index (χ3v) is 3.28. The molecule has 0 spiro atoms. The number of rotatable bonds is 2. The molecule has 1 aliphatic heterocycles. The Morgan fingerprint density at radius 2 is 2.39 bits per heavy atom. The standard InChI is InChI=1S/C11H15N5O2/c1-7-4-5-12-6-8(7)18-10-3-2-9-13-14-11(17)16(9)15-10/h2-3,7-8,12H,4-6H2,1H3,(H,14,17). The van der Waals surface area contributed by atoms with Gasteiger partial charge >= 0.3 is 5.69 Å². The molecule has 1 fully saturated rings. The van der Waals surface area contributed by atoms with Crippen LogP contribution >= 0.6 is 0 Å². The van der Waals surface area contributed by atoms with Crippen molar-refractivity contribution >= 4 is 5.65 Å². The van der Waals surface area contributed by atoms with Gasteiger partial charge in [-0.25, -0.2) is 9.89 Å². The summed E-state index contributed by atoms with van der Waals surface area (Å²) in [4.78, 5) is 11.4. The van der Waals surface area contributed by atoms with Crippen LogP contribution in [0.5, 0.6) is 5.88 Å². The lowest BCUT2D eigenvalue weighted by atomic mass is 9.97. The van der Waals surface area contributed by atoms with Crippen LogP contribution < -0.4 is 15.7 Å². The maximum atomic E-state index is 11.4. The monoisotopic (exact) mass is 249 g/mol. The van der Waals surface area contributed by atoms with Crippen molar-refractivity contribution in [1.29, 1.82) is 0 Å². The van der Waals surface area contributed by atoms with Crippen molar-refractivity contribution in [1.82, 2.24) is 25.1 Å². The van der Waals surface area contributed by atoms with E-state index in [-0.39, 0.29) is 11.8 Å². The second-order valence-corrected chi connectivity index (χ2v) is 4.60. The van der Waals surface area contributed by atoms with Gasteiger partial charge in [-0.15, -0.1) is 5.10 Å². The first-order chi connectivity index (χ1) is 8.74. The molecule has 18 heavy (non-hydrogen) atoms. The lowest BCUT2D eigenvalue weighted by molar-refractivity contribution is 0.108. The maximum absolute atomic E-state index is 11.4. The summed E-state index contributed by atoms with van der Waals surface area (Å²) in [6.07, 6.45) is 1.17. The largest absolute Gasteiger partial charge is 0.472 e. The summed E-state index contributed by atoms with van der Waals surface area (Å²) >= 11 is 0. The van der Waals surface area contributed by atoms with E-state index in [0.717, 1.165) is 19.5 Å². The lowest BCUT2D eigenvalue weighted by Crippen LogP contribution is -2.43. The summed E-state index contributed by atoms with van der Waals surface area (Å²) in [5, 5.41) is 13.6. The first-order valence-corrected chi connectivity index (χ1v) is 6.06. The van der Waals surface area contributed by atoms with E-state index in [1.165, 1.54) is 4.52 Å². The number of nitrogens with one attached hydrogen (secondary N) is 2. The SMILES string of the molecule is CC1CCNCC1Oc1ccc2n[nH]c(=O)n2n1. The van der Waals surface area contributed by atoms with E-state index in [1.807, 2.05) is 0 Å². The lowest BCUT2D eigenvalue weighted by Gasteiger charge is -2.29. The predicted molar refractivity (Wildman–Crippen MR) is 64.7 cm³/mol. The van der Waals surface area contributed by atoms with Gasteiger partial charge in [0.05, 0.1) is 0 Å². The molecule has 0 aliphatic carbocycles. The summed E-state index contributed by atoms with van der Waals surface area (Å²) in [6.45, 7) is 3.99. The van der Waals surface area contributed by atoms with Crippen LogP contribution in [0.1, 0.15) is 13.3 Å². The van der Waals surface area contributed by atoms with Crippen molar-refractivity contribution in [3.8, 4) is 5.88 Å². The van der Waals surface area contributed by atoms with Gasteiger partial charge in [0.15, 0.2) is 5.65 Å². The average Bonchev–Trinajstić information content (AvgIpc) is 2.74. The molecule has 3 rings (SSSR count). The number of nitrogens with zero attached hydrogens (tertiary/aromatic N) is 3. The Balaban J connectivity index is 1.85. The molecule has 0 bridgehead atoms. The van der Waals surface area contributed by atoms with E-state index in [4.69, 9.17) is 4.74 Å². The zero-order valence-electron chi connectivity index (χ0n) is 10.1. The van der Waals surface area contributed by atoms with Crippen LogP contribution in [0.3, 0.4) is 0 Å². The molecule has 0 aromatic carbocycles. The number of aromatic nitrogens is 4. The van der Waals surface area contributed by atoms with Gasteiger partial charge in [0, 0.05) is 12.6 Å². The molecule has 96 valence electrons. The molecule has 0 radical (unpaired) electrons. The fourth-order valence-electron chi connectivity index (χ4n) is 2.12. The van der Waals surface area contributed by atoms with Crippen molar-refractivity contribution in [2.24, 2.45) is 5.92 Å². The van der Waals surface area contributed by atoms with Crippen LogP contribution in [0.25, 0.3) is 5.65 Å².